The molecular formula is C13H20N2OS. The maximum atomic E-state index is 11.6. The van der Waals surface area contributed by atoms with Gasteiger partial charge >= 0.3 is 0 Å². The standard InChI is InChI=1S/C13H20N2OS/c1-10(2)12(14)8-15-13(16)9-17-11-6-4-3-5-7-11/h3-7,10,12H,8-9,14H2,1-2H3,(H,15,16). The predicted molar refractivity (Wildman–Crippen MR) is 73.0 cm³/mol. The number of amides is 1. The molecule has 0 spiro atoms. The first-order valence-electron chi connectivity index (χ1n) is 5.79. The monoisotopic (exact) mass is 252 g/mol. The first-order chi connectivity index (χ1) is 8.09. The Bertz CT molecular complexity index is 341. The summed E-state index contributed by atoms with van der Waals surface area (Å²) in [6.45, 7) is 4.65. The van der Waals surface area contributed by atoms with Gasteiger partial charge in [0.2, 0.25) is 5.91 Å². The van der Waals surface area contributed by atoms with Gasteiger partial charge in [0.1, 0.15) is 0 Å². The summed E-state index contributed by atoms with van der Waals surface area (Å²) in [5, 5.41) is 2.85. The second-order valence-corrected chi connectivity index (χ2v) is 5.36. The first kappa shape index (κ1) is 14.1. The van der Waals surface area contributed by atoms with E-state index < -0.39 is 0 Å². The lowest BCUT2D eigenvalue weighted by atomic mass is 10.1. The zero-order valence-corrected chi connectivity index (χ0v) is 11.2. The van der Waals surface area contributed by atoms with Crippen molar-refractivity contribution in [1.29, 1.82) is 0 Å². The van der Waals surface area contributed by atoms with Crippen molar-refractivity contribution < 1.29 is 4.79 Å². The van der Waals surface area contributed by atoms with Gasteiger partial charge < -0.3 is 11.1 Å². The molecule has 3 N–H and O–H groups in total. The van der Waals surface area contributed by atoms with Gasteiger partial charge in [-0.1, -0.05) is 32.0 Å². The van der Waals surface area contributed by atoms with Gasteiger partial charge in [0, 0.05) is 17.5 Å². The third-order valence-electron chi connectivity index (χ3n) is 2.50. The number of carbonyl (C=O) groups is 1. The highest BCUT2D eigenvalue weighted by Crippen LogP contribution is 2.16. The van der Waals surface area contributed by atoms with Gasteiger partial charge in [-0.05, 0) is 18.1 Å². The number of nitrogens with two attached hydrogens (primary N) is 1. The van der Waals surface area contributed by atoms with Crippen LogP contribution in [0.2, 0.25) is 0 Å². The Balaban J connectivity index is 2.22. The van der Waals surface area contributed by atoms with Gasteiger partial charge in [0.25, 0.3) is 0 Å². The van der Waals surface area contributed by atoms with Crippen LogP contribution in [0.3, 0.4) is 0 Å². The fraction of sp³-hybridized carbons (Fsp3) is 0.462. The molecule has 0 radical (unpaired) electrons. The van der Waals surface area contributed by atoms with Crippen LogP contribution in [0.1, 0.15) is 13.8 Å². The lowest BCUT2D eigenvalue weighted by molar-refractivity contribution is -0.118. The number of nitrogens with one attached hydrogen (secondary N) is 1. The Morgan fingerprint density at radius 1 is 1.35 bits per heavy atom. The lowest BCUT2D eigenvalue weighted by Crippen LogP contribution is -2.40. The third-order valence-corrected chi connectivity index (χ3v) is 3.52. The zero-order chi connectivity index (χ0) is 12.7. The number of rotatable bonds is 6. The summed E-state index contributed by atoms with van der Waals surface area (Å²) in [6.07, 6.45) is 0. The van der Waals surface area contributed by atoms with Crippen LogP contribution in [0.15, 0.2) is 35.2 Å². The molecule has 3 nitrogen and oxygen atoms in total. The maximum Gasteiger partial charge on any atom is 0.230 e. The van der Waals surface area contributed by atoms with Crippen LogP contribution >= 0.6 is 11.8 Å². The minimum atomic E-state index is 0.0284. The topological polar surface area (TPSA) is 55.1 Å². The van der Waals surface area contributed by atoms with Crippen molar-refractivity contribution in [2.75, 3.05) is 12.3 Å². The Morgan fingerprint density at radius 3 is 2.59 bits per heavy atom. The molecule has 0 saturated heterocycles. The van der Waals surface area contributed by atoms with Crippen LogP contribution in [-0.4, -0.2) is 24.2 Å². The van der Waals surface area contributed by atoms with Crippen molar-refractivity contribution in [2.45, 2.75) is 24.8 Å². The van der Waals surface area contributed by atoms with E-state index in [0.29, 0.717) is 18.2 Å². The maximum absolute atomic E-state index is 11.6. The summed E-state index contributed by atoms with van der Waals surface area (Å²) in [5.41, 5.74) is 5.85. The minimum absolute atomic E-state index is 0.0284. The van der Waals surface area contributed by atoms with E-state index in [9.17, 15) is 4.79 Å². The van der Waals surface area contributed by atoms with Crippen molar-refractivity contribution in [3.8, 4) is 0 Å². The SMILES string of the molecule is CC(C)C(N)CNC(=O)CSc1ccccc1. The number of hydrogen-bond donors (Lipinski definition) is 2. The van der Waals surface area contributed by atoms with Crippen molar-refractivity contribution in [3.05, 3.63) is 30.3 Å². The Morgan fingerprint density at radius 2 is 2.00 bits per heavy atom. The molecule has 0 aliphatic heterocycles. The minimum Gasteiger partial charge on any atom is -0.354 e. The summed E-state index contributed by atoms with van der Waals surface area (Å²) >= 11 is 1.54. The molecule has 0 fully saturated rings. The quantitative estimate of drug-likeness (QED) is 0.760. The number of carbonyl (C=O) groups excluding carboxylic acids is 1. The first-order valence-corrected chi connectivity index (χ1v) is 6.78. The average molecular weight is 252 g/mol. The fourth-order valence-electron chi connectivity index (χ4n) is 1.18. The molecule has 17 heavy (non-hydrogen) atoms. The lowest BCUT2D eigenvalue weighted by Gasteiger charge is -2.15. The Kier molecular flexibility index (Phi) is 6.08. The van der Waals surface area contributed by atoms with Crippen molar-refractivity contribution in [2.24, 2.45) is 11.7 Å². The molecule has 0 heterocycles. The molecular weight excluding hydrogens is 232 g/mol. The van der Waals surface area contributed by atoms with E-state index in [1.807, 2.05) is 30.3 Å². The second kappa shape index (κ2) is 7.35. The van der Waals surface area contributed by atoms with Gasteiger partial charge in [-0.15, -0.1) is 11.8 Å². The predicted octanol–water partition coefficient (Wildman–Crippen LogP) is 1.88. The Labute approximate surface area is 107 Å². The van der Waals surface area contributed by atoms with Gasteiger partial charge in [-0.2, -0.15) is 0 Å². The number of hydrogen-bond acceptors (Lipinski definition) is 3. The average Bonchev–Trinajstić information content (AvgIpc) is 2.34. The molecule has 1 unspecified atom stereocenters. The van der Waals surface area contributed by atoms with E-state index in [4.69, 9.17) is 5.73 Å². The van der Waals surface area contributed by atoms with E-state index in [2.05, 4.69) is 19.2 Å². The molecule has 1 aromatic carbocycles. The highest BCUT2D eigenvalue weighted by atomic mass is 32.2. The van der Waals surface area contributed by atoms with Crippen molar-refractivity contribution in [3.63, 3.8) is 0 Å². The van der Waals surface area contributed by atoms with Crippen LogP contribution in [0.5, 0.6) is 0 Å². The molecule has 0 aliphatic rings. The zero-order valence-electron chi connectivity index (χ0n) is 10.3. The summed E-state index contributed by atoms with van der Waals surface area (Å²) < 4.78 is 0. The largest absolute Gasteiger partial charge is 0.354 e. The molecule has 4 heteroatoms. The highest BCUT2D eigenvalue weighted by molar-refractivity contribution is 8.00. The van der Waals surface area contributed by atoms with Gasteiger partial charge in [-0.25, -0.2) is 0 Å². The van der Waals surface area contributed by atoms with Crippen LogP contribution in [-0.2, 0) is 4.79 Å². The van der Waals surface area contributed by atoms with Crippen LogP contribution in [0.25, 0.3) is 0 Å². The van der Waals surface area contributed by atoms with E-state index in [-0.39, 0.29) is 11.9 Å². The van der Waals surface area contributed by atoms with Gasteiger partial charge in [0.15, 0.2) is 0 Å². The molecule has 94 valence electrons. The molecule has 1 rings (SSSR count). The highest BCUT2D eigenvalue weighted by Gasteiger charge is 2.09. The van der Waals surface area contributed by atoms with Crippen molar-refractivity contribution >= 4 is 17.7 Å². The van der Waals surface area contributed by atoms with E-state index in [1.54, 1.807) is 0 Å². The fourth-order valence-corrected chi connectivity index (χ4v) is 1.93. The summed E-state index contributed by atoms with van der Waals surface area (Å²) in [4.78, 5) is 12.7. The molecule has 0 saturated carbocycles. The molecule has 1 atom stereocenters. The number of thioether (sulfide) groups is 1. The van der Waals surface area contributed by atoms with E-state index in [1.165, 1.54) is 11.8 Å². The van der Waals surface area contributed by atoms with E-state index >= 15 is 0 Å². The third kappa shape index (κ3) is 5.75. The summed E-state index contributed by atoms with van der Waals surface area (Å²) in [7, 11) is 0. The smallest absolute Gasteiger partial charge is 0.230 e. The Hall–Kier alpha value is -1.00. The number of benzene rings is 1. The molecule has 0 aliphatic carbocycles. The summed E-state index contributed by atoms with van der Waals surface area (Å²) in [5.74, 6) is 0.862. The molecule has 1 amide bonds. The van der Waals surface area contributed by atoms with Crippen LogP contribution in [0, 0.1) is 5.92 Å². The van der Waals surface area contributed by atoms with Gasteiger partial charge in [0.05, 0.1) is 5.75 Å². The van der Waals surface area contributed by atoms with Crippen LogP contribution in [0.4, 0.5) is 0 Å². The second-order valence-electron chi connectivity index (χ2n) is 4.31. The molecule has 0 bridgehead atoms. The molecule has 0 aromatic heterocycles. The van der Waals surface area contributed by atoms with Crippen LogP contribution < -0.4 is 11.1 Å². The van der Waals surface area contributed by atoms with Crippen molar-refractivity contribution in [1.82, 2.24) is 5.32 Å². The normalized spacial score (nSPS) is 12.5. The van der Waals surface area contributed by atoms with E-state index in [0.717, 1.165) is 4.90 Å². The molecule has 1 aromatic rings. The summed E-state index contributed by atoms with van der Waals surface area (Å²) in [6, 6.07) is 9.92. The van der Waals surface area contributed by atoms with Gasteiger partial charge in [-0.3, -0.25) is 4.79 Å².